The Morgan fingerprint density at radius 3 is 2.46 bits per heavy atom. The second kappa shape index (κ2) is 4.09. The van der Waals surface area contributed by atoms with Crippen molar-refractivity contribution in [1.82, 2.24) is 0 Å². The topological polar surface area (TPSA) is 63.3 Å². The van der Waals surface area contributed by atoms with Gasteiger partial charge in [-0.15, -0.1) is 0 Å². The Morgan fingerprint density at radius 2 is 2.00 bits per heavy atom. The number of aliphatic carboxylic acids is 1. The van der Waals surface area contributed by atoms with Gasteiger partial charge in [0, 0.05) is 0 Å². The minimum absolute atomic E-state index is 0.385. The van der Waals surface area contributed by atoms with Crippen LogP contribution in [-0.4, -0.2) is 25.0 Å². The van der Waals surface area contributed by atoms with E-state index in [1.807, 2.05) is 32.1 Å². The van der Waals surface area contributed by atoms with Crippen molar-refractivity contribution < 1.29 is 9.90 Å². The number of hydrogen-bond acceptors (Lipinski definition) is 2. The maximum atomic E-state index is 10.4. The number of benzene rings is 1. The van der Waals surface area contributed by atoms with Crippen LogP contribution in [0.1, 0.15) is 5.56 Å². The van der Waals surface area contributed by atoms with Gasteiger partial charge in [0.2, 0.25) is 0 Å². The summed E-state index contributed by atoms with van der Waals surface area (Å²) < 4.78 is 0. The molecule has 1 rings (SSSR count). The molecule has 0 unspecified atom stereocenters. The molecular weight excluding hydrogens is 165 g/mol. The molecule has 0 aliphatic heterocycles. The minimum Gasteiger partial charge on any atom is -0.480 e. The summed E-state index contributed by atoms with van der Waals surface area (Å²) in [6.45, 7) is 0. The van der Waals surface area contributed by atoms with Gasteiger partial charge in [-0.05, 0) is 12.0 Å². The van der Waals surface area contributed by atoms with Gasteiger partial charge >= 0.3 is 5.97 Å². The zero-order valence-corrected chi connectivity index (χ0v) is 7.53. The average Bonchev–Trinajstić information content (AvgIpc) is 2.08. The van der Waals surface area contributed by atoms with E-state index in [1.165, 1.54) is 0 Å². The first-order chi connectivity index (χ1) is 6.09. The largest absolute Gasteiger partial charge is 0.480 e. The molecule has 1 aromatic carbocycles. The van der Waals surface area contributed by atoms with Crippen LogP contribution in [0.15, 0.2) is 24.3 Å². The fourth-order valence-electron chi connectivity index (χ4n) is 1.07. The van der Waals surface area contributed by atoms with Gasteiger partial charge in [-0.25, -0.2) is 0 Å². The first-order valence-electron chi connectivity index (χ1n) is 4.13. The van der Waals surface area contributed by atoms with Crippen LogP contribution in [0.2, 0.25) is 0 Å². The van der Waals surface area contributed by atoms with E-state index in [9.17, 15) is 4.79 Å². The Morgan fingerprint density at radius 1 is 1.46 bits per heavy atom. The van der Waals surface area contributed by atoms with Crippen molar-refractivity contribution in [2.75, 3.05) is 0 Å². The first kappa shape index (κ1) is 9.80. The predicted molar refractivity (Wildman–Crippen MR) is 53.9 cm³/mol. The monoisotopic (exact) mass is 177 g/mol. The van der Waals surface area contributed by atoms with E-state index in [1.54, 1.807) is 0 Å². The molecule has 4 heteroatoms. The van der Waals surface area contributed by atoms with Crippen LogP contribution in [0.5, 0.6) is 0 Å². The molecule has 0 fully saturated rings. The third kappa shape index (κ3) is 2.91. The summed E-state index contributed by atoms with van der Waals surface area (Å²) in [7, 11) is 1.99. The van der Waals surface area contributed by atoms with Crippen molar-refractivity contribution >= 4 is 19.3 Å². The summed E-state index contributed by atoms with van der Waals surface area (Å²) in [4.78, 5) is 10.4. The lowest BCUT2D eigenvalue weighted by molar-refractivity contribution is -0.138. The molecule has 0 bridgehead atoms. The molecule has 0 spiro atoms. The Hall–Kier alpha value is -1.29. The zero-order chi connectivity index (χ0) is 9.84. The van der Waals surface area contributed by atoms with Gasteiger partial charge < -0.3 is 10.8 Å². The van der Waals surface area contributed by atoms with Crippen LogP contribution in [0, 0.1) is 0 Å². The van der Waals surface area contributed by atoms with Gasteiger partial charge in [0.15, 0.2) is 0 Å². The maximum Gasteiger partial charge on any atom is 0.320 e. The van der Waals surface area contributed by atoms with E-state index in [4.69, 9.17) is 10.8 Å². The third-order valence-electron chi connectivity index (χ3n) is 1.89. The zero-order valence-electron chi connectivity index (χ0n) is 7.53. The number of hydrogen-bond donors (Lipinski definition) is 2. The molecule has 0 saturated carbocycles. The summed E-state index contributed by atoms with van der Waals surface area (Å²) in [6, 6.07) is 6.90. The van der Waals surface area contributed by atoms with Crippen LogP contribution in [0.3, 0.4) is 0 Å². The molecule has 0 aliphatic carbocycles. The third-order valence-corrected chi connectivity index (χ3v) is 1.89. The van der Waals surface area contributed by atoms with Crippen molar-refractivity contribution in [1.29, 1.82) is 0 Å². The smallest absolute Gasteiger partial charge is 0.320 e. The lowest BCUT2D eigenvalue weighted by atomic mass is 9.94. The SMILES string of the molecule is Bc1ccc(C[C@@H](N)C(=O)O)cc1. The Balaban J connectivity index is 2.64. The standard InChI is InChI=1S/C9H12BNO2/c10-7-3-1-6(2-4-7)5-8(11)9(12)13/h1-4,8H,5,10-11H2,(H,12,13)/t8-/m1/s1. The average molecular weight is 177 g/mol. The van der Waals surface area contributed by atoms with Crippen LogP contribution < -0.4 is 11.2 Å². The minimum atomic E-state index is -0.958. The van der Waals surface area contributed by atoms with Gasteiger partial charge in [0.25, 0.3) is 0 Å². The van der Waals surface area contributed by atoms with Crippen LogP contribution in [0.25, 0.3) is 0 Å². The molecule has 0 saturated heterocycles. The predicted octanol–water partition coefficient (Wildman–Crippen LogP) is -1.10. The van der Waals surface area contributed by atoms with E-state index in [0.29, 0.717) is 6.42 Å². The van der Waals surface area contributed by atoms with Crippen molar-refractivity contribution in [2.45, 2.75) is 12.5 Å². The number of carboxylic acids is 1. The lowest BCUT2D eigenvalue weighted by Gasteiger charge is -2.05. The van der Waals surface area contributed by atoms with Gasteiger partial charge in [-0.2, -0.15) is 0 Å². The number of carbonyl (C=O) groups is 1. The van der Waals surface area contributed by atoms with E-state index in [2.05, 4.69) is 0 Å². The second-order valence-corrected chi connectivity index (χ2v) is 3.13. The summed E-state index contributed by atoms with van der Waals surface area (Å²) in [6.07, 6.45) is 0.385. The molecule has 68 valence electrons. The van der Waals surface area contributed by atoms with Gasteiger partial charge in [-0.3, -0.25) is 4.79 Å². The highest BCUT2D eigenvalue weighted by molar-refractivity contribution is 6.32. The molecule has 3 N–H and O–H groups in total. The highest BCUT2D eigenvalue weighted by Gasteiger charge is 2.11. The summed E-state index contributed by atoms with van der Waals surface area (Å²) >= 11 is 0. The van der Waals surface area contributed by atoms with Gasteiger partial charge in [-0.1, -0.05) is 29.7 Å². The van der Waals surface area contributed by atoms with Crippen molar-refractivity contribution in [3.63, 3.8) is 0 Å². The molecule has 0 heterocycles. The van der Waals surface area contributed by atoms with E-state index in [-0.39, 0.29) is 0 Å². The fraction of sp³-hybridized carbons (Fsp3) is 0.222. The van der Waals surface area contributed by atoms with E-state index < -0.39 is 12.0 Å². The number of nitrogens with two attached hydrogens (primary N) is 1. The lowest BCUT2D eigenvalue weighted by Crippen LogP contribution is -2.32. The molecule has 0 radical (unpaired) electrons. The fourth-order valence-corrected chi connectivity index (χ4v) is 1.07. The molecule has 0 aromatic heterocycles. The maximum absolute atomic E-state index is 10.4. The molecule has 1 atom stereocenters. The Labute approximate surface area is 78.0 Å². The highest BCUT2D eigenvalue weighted by atomic mass is 16.4. The van der Waals surface area contributed by atoms with Crippen molar-refractivity contribution in [2.24, 2.45) is 5.73 Å². The van der Waals surface area contributed by atoms with Crippen molar-refractivity contribution in [3.05, 3.63) is 29.8 Å². The number of carboxylic acid groups (broad SMARTS) is 1. The van der Waals surface area contributed by atoms with E-state index in [0.717, 1.165) is 11.0 Å². The Bertz CT molecular complexity index is 297. The second-order valence-electron chi connectivity index (χ2n) is 3.13. The molecule has 0 aliphatic rings. The molecule has 13 heavy (non-hydrogen) atoms. The normalized spacial score (nSPS) is 12.4. The summed E-state index contributed by atoms with van der Waals surface area (Å²) in [5.74, 6) is -0.958. The quantitative estimate of drug-likeness (QED) is 0.576. The van der Waals surface area contributed by atoms with Crippen LogP contribution >= 0.6 is 0 Å². The first-order valence-corrected chi connectivity index (χ1v) is 4.13. The summed E-state index contributed by atoms with van der Waals surface area (Å²) in [5, 5.41) is 8.57. The Kier molecular flexibility index (Phi) is 3.09. The van der Waals surface area contributed by atoms with Gasteiger partial charge in [0.05, 0.1) is 0 Å². The van der Waals surface area contributed by atoms with Crippen LogP contribution in [-0.2, 0) is 11.2 Å². The van der Waals surface area contributed by atoms with E-state index >= 15 is 0 Å². The highest BCUT2D eigenvalue weighted by Crippen LogP contribution is 2.00. The molecule has 1 aromatic rings. The molecule has 3 nitrogen and oxygen atoms in total. The molecular formula is C9H12BNO2. The number of rotatable bonds is 3. The summed E-state index contributed by atoms with van der Waals surface area (Å²) in [5.41, 5.74) is 7.51. The van der Waals surface area contributed by atoms with Gasteiger partial charge in [0.1, 0.15) is 13.9 Å². The van der Waals surface area contributed by atoms with Crippen molar-refractivity contribution in [3.8, 4) is 0 Å². The van der Waals surface area contributed by atoms with Crippen LogP contribution in [0.4, 0.5) is 0 Å². The molecule has 0 amide bonds.